The van der Waals surface area contributed by atoms with E-state index in [-0.39, 0.29) is 30.4 Å². The summed E-state index contributed by atoms with van der Waals surface area (Å²) in [6, 6.07) is 3.16. The van der Waals surface area contributed by atoms with E-state index >= 15 is 0 Å². The lowest BCUT2D eigenvalue weighted by atomic mass is 10.2. The Morgan fingerprint density at radius 3 is 2.23 bits per heavy atom. The van der Waals surface area contributed by atoms with Gasteiger partial charge in [0.2, 0.25) is 0 Å². The Kier molecular flexibility index (Phi) is 8.49. The van der Waals surface area contributed by atoms with Crippen molar-refractivity contribution in [3.63, 3.8) is 0 Å². The third-order valence-electron chi connectivity index (χ3n) is 5.51. The molecule has 1 aliphatic heterocycles. The first-order valence-corrected chi connectivity index (χ1v) is 9.82. The van der Waals surface area contributed by atoms with Crippen LogP contribution in [-0.2, 0) is 16.1 Å². The van der Waals surface area contributed by atoms with Gasteiger partial charge in [-0.2, -0.15) is 0 Å². The predicted octanol–water partition coefficient (Wildman–Crippen LogP) is 0.308. The van der Waals surface area contributed by atoms with Crippen molar-refractivity contribution >= 4 is 29.2 Å². The van der Waals surface area contributed by atoms with E-state index in [1.54, 1.807) is 24.0 Å². The summed E-state index contributed by atoms with van der Waals surface area (Å²) in [5, 5.41) is 0.358. The summed E-state index contributed by atoms with van der Waals surface area (Å²) in [5.41, 5.74) is -0.446. The fraction of sp³-hybridized carbons (Fsp3) is 0.550. The highest BCUT2D eigenvalue weighted by molar-refractivity contribution is 5.85. The number of carbonyl (C=O) groups is 1. The van der Waals surface area contributed by atoms with Crippen LogP contribution in [0.3, 0.4) is 0 Å². The largest absolute Gasteiger partial charge is 0.493 e. The molecule has 1 aromatic heterocycles. The van der Waals surface area contributed by atoms with E-state index in [9.17, 15) is 14.4 Å². The van der Waals surface area contributed by atoms with E-state index in [0.717, 1.165) is 0 Å². The van der Waals surface area contributed by atoms with Gasteiger partial charge in [0.15, 0.2) is 11.5 Å². The molecule has 0 spiro atoms. The van der Waals surface area contributed by atoms with Crippen LogP contribution in [0.4, 0.5) is 0 Å². The summed E-state index contributed by atoms with van der Waals surface area (Å²) in [6.45, 7) is 5.04. The molecule has 2 aromatic rings. The van der Waals surface area contributed by atoms with Gasteiger partial charge in [0.1, 0.15) is 6.10 Å². The van der Waals surface area contributed by atoms with Crippen LogP contribution in [-0.4, -0.2) is 85.4 Å². The molecule has 1 saturated heterocycles. The number of fused-ring (bicyclic) bond motifs is 1. The molecule has 2 heterocycles. The topological polar surface area (TPSA) is 106 Å². The number of piperazine rings is 1. The van der Waals surface area contributed by atoms with Crippen molar-refractivity contribution in [1.82, 2.24) is 19.4 Å². The van der Waals surface area contributed by atoms with Crippen LogP contribution in [0.25, 0.3) is 10.9 Å². The number of hydrogen-bond donors (Lipinski definition) is 1. The Hall–Kier alpha value is -2.56. The van der Waals surface area contributed by atoms with Crippen molar-refractivity contribution in [1.29, 1.82) is 0 Å². The van der Waals surface area contributed by atoms with Crippen LogP contribution in [0.5, 0.6) is 11.5 Å². The molecule has 1 unspecified atom stereocenters. The summed E-state index contributed by atoms with van der Waals surface area (Å²) in [6.07, 6.45) is -0.457. The minimum absolute atomic E-state index is 0. The molecule has 10 nitrogen and oxygen atoms in total. The predicted molar refractivity (Wildman–Crippen MR) is 119 cm³/mol. The zero-order valence-corrected chi connectivity index (χ0v) is 19.0. The van der Waals surface area contributed by atoms with Crippen molar-refractivity contribution in [2.75, 3.05) is 54.1 Å². The van der Waals surface area contributed by atoms with Gasteiger partial charge in [0, 0.05) is 52.4 Å². The average molecular weight is 457 g/mol. The number of hydrogen-bond acceptors (Lipinski definition) is 7. The molecule has 0 bridgehead atoms. The molecule has 1 aromatic carbocycles. The van der Waals surface area contributed by atoms with Crippen molar-refractivity contribution in [2.24, 2.45) is 0 Å². The molecule has 0 saturated carbocycles. The molecule has 172 valence electrons. The normalized spacial score (nSPS) is 15.4. The van der Waals surface area contributed by atoms with Gasteiger partial charge in [-0.25, -0.2) is 4.79 Å². The first-order valence-electron chi connectivity index (χ1n) is 9.82. The van der Waals surface area contributed by atoms with Crippen molar-refractivity contribution < 1.29 is 19.0 Å². The van der Waals surface area contributed by atoms with Gasteiger partial charge in [0.25, 0.3) is 11.5 Å². The fourth-order valence-corrected chi connectivity index (χ4v) is 3.57. The average Bonchev–Trinajstić information content (AvgIpc) is 2.77. The first kappa shape index (κ1) is 24.7. The number of nitrogens with one attached hydrogen (secondary N) is 1. The number of benzene rings is 1. The number of aromatic amines is 1. The maximum absolute atomic E-state index is 12.9. The molecule has 31 heavy (non-hydrogen) atoms. The van der Waals surface area contributed by atoms with E-state index < -0.39 is 11.8 Å². The van der Waals surface area contributed by atoms with Crippen LogP contribution in [0, 0.1) is 0 Å². The molecule has 1 aliphatic rings. The van der Waals surface area contributed by atoms with E-state index in [1.165, 1.54) is 25.9 Å². The van der Waals surface area contributed by atoms with Gasteiger partial charge in [0.05, 0.1) is 25.1 Å². The molecular formula is C20H29ClN4O6. The third kappa shape index (κ3) is 5.20. The quantitative estimate of drug-likeness (QED) is 0.639. The summed E-state index contributed by atoms with van der Waals surface area (Å²) in [7, 11) is 4.50. The monoisotopic (exact) mass is 456 g/mol. The third-order valence-corrected chi connectivity index (χ3v) is 5.51. The van der Waals surface area contributed by atoms with Crippen LogP contribution in [0.15, 0.2) is 21.7 Å². The molecule has 1 amide bonds. The molecule has 1 atom stereocenters. The number of rotatable bonds is 7. The van der Waals surface area contributed by atoms with E-state index in [0.29, 0.717) is 55.1 Å². The molecule has 3 rings (SSSR count). The lowest BCUT2D eigenvalue weighted by molar-refractivity contribution is -0.142. The van der Waals surface area contributed by atoms with Gasteiger partial charge >= 0.3 is 5.69 Å². The van der Waals surface area contributed by atoms with Crippen LogP contribution in [0.2, 0.25) is 0 Å². The zero-order valence-electron chi connectivity index (χ0n) is 18.2. The highest BCUT2D eigenvalue weighted by Crippen LogP contribution is 2.29. The maximum Gasteiger partial charge on any atom is 0.328 e. The Labute approximate surface area is 186 Å². The van der Waals surface area contributed by atoms with Crippen LogP contribution >= 0.6 is 12.4 Å². The molecule has 1 N–H and O–H groups in total. The molecule has 1 fully saturated rings. The minimum Gasteiger partial charge on any atom is -0.493 e. The fourth-order valence-electron chi connectivity index (χ4n) is 3.57. The number of halogens is 1. The minimum atomic E-state index is -0.470. The highest BCUT2D eigenvalue weighted by Gasteiger charge is 2.24. The Morgan fingerprint density at radius 2 is 1.65 bits per heavy atom. The smallest absolute Gasteiger partial charge is 0.328 e. The van der Waals surface area contributed by atoms with Gasteiger partial charge in [-0.1, -0.05) is 0 Å². The number of methoxy groups -OCH3 is 3. The molecular weight excluding hydrogens is 428 g/mol. The first-order chi connectivity index (χ1) is 14.4. The van der Waals surface area contributed by atoms with Crippen LogP contribution < -0.4 is 20.7 Å². The summed E-state index contributed by atoms with van der Waals surface area (Å²) < 4.78 is 16.8. The standard InChI is InChI=1S/C20H28N4O6.ClH/c1-13(28-2)18(25)23-8-5-22(6-9-23)7-10-24-19(26)14-11-16(29-3)17(30-4)12-15(14)21-20(24)27;/h11-13H,5-10H2,1-4H3,(H,21,27);1H. The van der Waals surface area contributed by atoms with E-state index in [1.807, 2.05) is 0 Å². The Bertz CT molecular complexity index is 1030. The van der Waals surface area contributed by atoms with Gasteiger partial charge in [-0.05, 0) is 13.0 Å². The second-order valence-corrected chi connectivity index (χ2v) is 7.18. The lowest BCUT2D eigenvalue weighted by Crippen LogP contribution is -2.52. The van der Waals surface area contributed by atoms with E-state index in [4.69, 9.17) is 14.2 Å². The second kappa shape index (κ2) is 10.7. The summed E-state index contributed by atoms with van der Waals surface area (Å²) in [4.78, 5) is 44.2. The molecule has 0 aliphatic carbocycles. The van der Waals surface area contributed by atoms with Crippen molar-refractivity contribution in [2.45, 2.75) is 19.6 Å². The van der Waals surface area contributed by atoms with Crippen molar-refractivity contribution in [3.05, 3.63) is 33.0 Å². The lowest BCUT2D eigenvalue weighted by Gasteiger charge is -2.35. The van der Waals surface area contributed by atoms with E-state index in [2.05, 4.69) is 9.88 Å². The number of carbonyl (C=O) groups excluding carboxylic acids is 1. The molecule has 11 heteroatoms. The van der Waals surface area contributed by atoms with Gasteiger partial charge in [-0.15, -0.1) is 12.4 Å². The number of amides is 1. The highest BCUT2D eigenvalue weighted by atomic mass is 35.5. The maximum atomic E-state index is 12.9. The number of H-pyrrole nitrogens is 1. The summed E-state index contributed by atoms with van der Waals surface area (Å²) in [5.74, 6) is 0.837. The summed E-state index contributed by atoms with van der Waals surface area (Å²) >= 11 is 0. The number of ether oxygens (including phenoxy) is 3. The van der Waals surface area contributed by atoms with Gasteiger partial charge in [-0.3, -0.25) is 19.1 Å². The SMILES string of the molecule is COc1cc2[nH]c(=O)n(CCN3CCN(C(=O)C(C)OC)CC3)c(=O)c2cc1OC.Cl. The second-order valence-electron chi connectivity index (χ2n) is 7.18. The Morgan fingerprint density at radius 1 is 1.03 bits per heavy atom. The zero-order chi connectivity index (χ0) is 21.8. The van der Waals surface area contributed by atoms with Crippen LogP contribution in [0.1, 0.15) is 6.92 Å². The van der Waals surface area contributed by atoms with Crippen molar-refractivity contribution in [3.8, 4) is 11.5 Å². The Balaban J connectivity index is 0.00000341. The number of nitrogens with zero attached hydrogens (tertiary/aromatic N) is 3. The molecule has 0 radical (unpaired) electrons. The number of aromatic nitrogens is 2. The van der Waals surface area contributed by atoms with Gasteiger partial charge < -0.3 is 24.1 Å².